The largest absolute Gasteiger partial charge is 0.494 e. The van der Waals surface area contributed by atoms with Gasteiger partial charge >= 0.3 is 6.18 Å². The maximum Gasteiger partial charge on any atom is 0.416 e. The van der Waals surface area contributed by atoms with E-state index in [9.17, 15) is 18.3 Å². The van der Waals surface area contributed by atoms with Gasteiger partial charge in [0.15, 0.2) is 6.10 Å². The summed E-state index contributed by atoms with van der Waals surface area (Å²) in [6.45, 7) is 2.47. The Kier molecular flexibility index (Phi) is 7.98. The number of rotatable bonds is 10. The summed E-state index contributed by atoms with van der Waals surface area (Å²) >= 11 is 0. The average Bonchev–Trinajstić information content (AvgIpc) is 2.65. The number of hydrogen-bond acceptors (Lipinski definition) is 3. The summed E-state index contributed by atoms with van der Waals surface area (Å²) in [4.78, 5) is 1.52. The van der Waals surface area contributed by atoms with Crippen molar-refractivity contribution in [3.05, 3.63) is 60.2 Å². The van der Waals surface area contributed by atoms with E-state index in [0.29, 0.717) is 18.0 Å². The molecule has 0 amide bonds. The van der Waals surface area contributed by atoms with E-state index in [-0.39, 0.29) is 6.54 Å². The third-order valence-electron chi connectivity index (χ3n) is 4.21. The van der Waals surface area contributed by atoms with Gasteiger partial charge in [-0.15, -0.1) is 0 Å². The highest BCUT2D eigenvalue weighted by Crippen LogP contribution is 2.26. The summed E-state index contributed by atoms with van der Waals surface area (Å²) in [5.41, 5.74) is 1.47. The van der Waals surface area contributed by atoms with Gasteiger partial charge in [-0.3, -0.25) is 0 Å². The number of anilines is 1. The van der Waals surface area contributed by atoms with Gasteiger partial charge in [-0.2, -0.15) is 13.2 Å². The van der Waals surface area contributed by atoms with E-state index in [0.717, 1.165) is 24.8 Å². The Balaban J connectivity index is 2.09. The van der Waals surface area contributed by atoms with Crippen LogP contribution in [0.15, 0.2) is 54.6 Å². The SMILES string of the molecule is CCCCCOc1ccc(N(Cc2ccccc2)CC(O)C(F)(F)F)cc1. The Hall–Kier alpha value is -2.21. The second kappa shape index (κ2) is 10.2. The predicted molar refractivity (Wildman–Crippen MR) is 101 cm³/mol. The van der Waals surface area contributed by atoms with E-state index in [4.69, 9.17) is 4.74 Å². The number of benzene rings is 2. The lowest BCUT2D eigenvalue weighted by Gasteiger charge is -2.28. The molecule has 6 heteroatoms. The molecule has 0 aliphatic heterocycles. The van der Waals surface area contributed by atoms with Crippen LogP contribution in [0.4, 0.5) is 18.9 Å². The lowest BCUT2D eigenvalue weighted by molar-refractivity contribution is -0.200. The van der Waals surface area contributed by atoms with Gasteiger partial charge < -0.3 is 14.7 Å². The van der Waals surface area contributed by atoms with E-state index in [1.54, 1.807) is 24.3 Å². The van der Waals surface area contributed by atoms with Crippen molar-refractivity contribution in [2.75, 3.05) is 18.1 Å². The first-order chi connectivity index (χ1) is 12.9. The molecule has 27 heavy (non-hydrogen) atoms. The fourth-order valence-electron chi connectivity index (χ4n) is 2.67. The van der Waals surface area contributed by atoms with Crippen LogP contribution in [-0.4, -0.2) is 30.5 Å². The summed E-state index contributed by atoms with van der Waals surface area (Å²) in [5, 5.41) is 9.53. The molecule has 1 N–H and O–H groups in total. The molecule has 0 saturated carbocycles. The number of aliphatic hydroxyl groups excluding tert-OH is 1. The molecule has 0 heterocycles. The molecule has 0 aliphatic carbocycles. The Morgan fingerprint density at radius 1 is 1.00 bits per heavy atom. The second-order valence-corrected chi connectivity index (χ2v) is 6.47. The van der Waals surface area contributed by atoms with Gasteiger partial charge in [0.2, 0.25) is 0 Å². The van der Waals surface area contributed by atoms with Crippen LogP contribution < -0.4 is 9.64 Å². The first kappa shape index (κ1) is 21.1. The molecule has 2 aromatic carbocycles. The molecule has 0 aliphatic rings. The lowest BCUT2D eigenvalue weighted by atomic mass is 10.1. The van der Waals surface area contributed by atoms with E-state index in [2.05, 4.69) is 6.92 Å². The third-order valence-corrected chi connectivity index (χ3v) is 4.21. The molecule has 2 aromatic rings. The highest BCUT2D eigenvalue weighted by atomic mass is 19.4. The van der Waals surface area contributed by atoms with Gasteiger partial charge in [0, 0.05) is 12.2 Å². The van der Waals surface area contributed by atoms with Gasteiger partial charge in [-0.1, -0.05) is 50.1 Å². The Morgan fingerprint density at radius 3 is 2.26 bits per heavy atom. The zero-order valence-corrected chi connectivity index (χ0v) is 15.5. The van der Waals surface area contributed by atoms with Crippen LogP contribution in [0.2, 0.25) is 0 Å². The van der Waals surface area contributed by atoms with Crippen molar-refractivity contribution in [2.24, 2.45) is 0 Å². The number of unbranched alkanes of at least 4 members (excludes halogenated alkanes) is 2. The zero-order valence-electron chi connectivity index (χ0n) is 15.5. The fourth-order valence-corrected chi connectivity index (χ4v) is 2.67. The first-order valence-corrected chi connectivity index (χ1v) is 9.16. The number of alkyl halides is 3. The maximum absolute atomic E-state index is 12.8. The molecular weight excluding hydrogens is 355 g/mol. The molecule has 148 valence electrons. The quantitative estimate of drug-likeness (QED) is 0.575. The van der Waals surface area contributed by atoms with Crippen LogP contribution >= 0.6 is 0 Å². The molecule has 1 unspecified atom stereocenters. The highest BCUT2D eigenvalue weighted by molar-refractivity contribution is 5.49. The molecule has 0 fully saturated rings. The zero-order chi connectivity index (χ0) is 19.7. The van der Waals surface area contributed by atoms with Gasteiger partial charge in [0.05, 0.1) is 13.2 Å². The minimum atomic E-state index is -4.66. The molecule has 2 rings (SSSR count). The molecule has 0 radical (unpaired) electrons. The van der Waals surface area contributed by atoms with Crippen LogP contribution in [-0.2, 0) is 6.54 Å². The van der Waals surface area contributed by atoms with Gasteiger partial charge in [-0.05, 0) is 36.2 Å². The average molecular weight is 381 g/mol. The summed E-state index contributed by atoms with van der Waals surface area (Å²) in [6, 6.07) is 16.2. The van der Waals surface area contributed by atoms with E-state index in [1.165, 1.54) is 4.90 Å². The van der Waals surface area contributed by atoms with E-state index < -0.39 is 18.8 Å². The van der Waals surface area contributed by atoms with E-state index in [1.807, 2.05) is 30.3 Å². The Bertz CT molecular complexity index is 659. The highest BCUT2D eigenvalue weighted by Gasteiger charge is 2.39. The number of ether oxygens (including phenoxy) is 1. The smallest absolute Gasteiger partial charge is 0.416 e. The normalized spacial score (nSPS) is 12.6. The van der Waals surface area contributed by atoms with Crippen LogP contribution in [0.1, 0.15) is 31.7 Å². The molecular formula is C21H26F3NO2. The topological polar surface area (TPSA) is 32.7 Å². The first-order valence-electron chi connectivity index (χ1n) is 9.16. The monoisotopic (exact) mass is 381 g/mol. The van der Waals surface area contributed by atoms with Crippen molar-refractivity contribution in [3.8, 4) is 5.75 Å². The van der Waals surface area contributed by atoms with Crippen LogP contribution in [0.25, 0.3) is 0 Å². The molecule has 0 spiro atoms. The van der Waals surface area contributed by atoms with Crippen molar-refractivity contribution < 1.29 is 23.0 Å². The molecule has 0 aromatic heterocycles. The predicted octanol–water partition coefficient (Wildman–Crippen LogP) is 5.19. The van der Waals surface area contributed by atoms with Crippen molar-refractivity contribution in [1.82, 2.24) is 0 Å². The molecule has 0 saturated heterocycles. The van der Waals surface area contributed by atoms with Crippen LogP contribution in [0.3, 0.4) is 0 Å². The number of aliphatic hydroxyl groups is 1. The maximum atomic E-state index is 12.8. The van der Waals surface area contributed by atoms with Crippen LogP contribution in [0.5, 0.6) is 5.75 Å². The summed E-state index contributed by atoms with van der Waals surface area (Å²) in [7, 11) is 0. The number of halogens is 3. The molecule has 1 atom stereocenters. The van der Waals surface area contributed by atoms with Crippen LogP contribution in [0, 0.1) is 0 Å². The van der Waals surface area contributed by atoms with Crippen molar-refractivity contribution >= 4 is 5.69 Å². The standard InChI is InChI=1S/C21H26F3NO2/c1-2-3-7-14-27-19-12-10-18(11-13-19)25(16-20(26)21(22,23)24)15-17-8-5-4-6-9-17/h4-6,8-13,20,26H,2-3,7,14-16H2,1H3. The number of hydrogen-bond donors (Lipinski definition) is 1. The fraction of sp³-hybridized carbons (Fsp3) is 0.429. The molecule has 0 bridgehead atoms. The van der Waals surface area contributed by atoms with Gasteiger partial charge in [0.1, 0.15) is 5.75 Å². The summed E-state index contributed by atoms with van der Waals surface area (Å²) < 4.78 is 44.1. The number of nitrogens with zero attached hydrogens (tertiary/aromatic N) is 1. The minimum absolute atomic E-state index is 0.269. The van der Waals surface area contributed by atoms with Gasteiger partial charge in [0.25, 0.3) is 0 Å². The lowest BCUT2D eigenvalue weighted by Crippen LogP contribution is -2.40. The van der Waals surface area contributed by atoms with Crippen molar-refractivity contribution in [2.45, 2.75) is 45.0 Å². The van der Waals surface area contributed by atoms with Gasteiger partial charge in [-0.25, -0.2) is 0 Å². The minimum Gasteiger partial charge on any atom is -0.494 e. The summed E-state index contributed by atoms with van der Waals surface area (Å²) in [6.07, 6.45) is -3.89. The Labute approximate surface area is 158 Å². The van der Waals surface area contributed by atoms with E-state index >= 15 is 0 Å². The second-order valence-electron chi connectivity index (χ2n) is 6.47. The van der Waals surface area contributed by atoms with Crippen molar-refractivity contribution in [3.63, 3.8) is 0 Å². The Morgan fingerprint density at radius 2 is 1.67 bits per heavy atom. The summed E-state index contributed by atoms with van der Waals surface area (Å²) in [5.74, 6) is 0.686. The molecule has 3 nitrogen and oxygen atoms in total. The third kappa shape index (κ3) is 7.13. The van der Waals surface area contributed by atoms with Crippen molar-refractivity contribution in [1.29, 1.82) is 0 Å².